The summed E-state index contributed by atoms with van der Waals surface area (Å²) >= 11 is 0. The highest BCUT2D eigenvalue weighted by molar-refractivity contribution is 5.87. The Kier molecular flexibility index (Phi) is 7.29. The van der Waals surface area contributed by atoms with Gasteiger partial charge in [0.2, 0.25) is 11.6 Å². The van der Waals surface area contributed by atoms with Crippen LogP contribution in [-0.4, -0.2) is 91.1 Å². The molecule has 3 aliphatic heterocycles. The first-order valence-electron chi connectivity index (χ1n) is 13.0. The van der Waals surface area contributed by atoms with E-state index in [0.29, 0.717) is 38.2 Å². The minimum atomic E-state index is -4.48. The predicted molar refractivity (Wildman–Crippen MR) is 134 cm³/mol. The smallest absolute Gasteiger partial charge is 0.371 e. The molecular formula is C27H38F4N4O2. The van der Waals surface area contributed by atoms with Crippen molar-refractivity contribution in [3.05, 3.63) is 29.3 Å². The van der Waals surface area contributed by atoms with E-state index >= 15 is 4.39 Å². The van der Waals surface area contributed by atoms with Crippen LogP contribution in [0.25, 0.3) is 0 Å². The van der Waals surface area contributed by atoms with Crippen molar-refractivity contribution in [2.45, 2.75) is 63.3 Å². The van der Waals surface area contributed by atoms with E-state index in [1.165, 1.54) is 17.0 Å². The number of hydrogen-bond acceptors (Lipinski definition) is 4. The Morgan fingerprint density at radius 2 is 1.65 bits per heavy atom. The van der Waals surface area contributed by atoms with Crippen LogP contribution in [0.15, 0.2) is 18.2 Å². The third-order valence-electron chi connectivity index (χ3n) is 8.14. The van der Waals surface area contributed by atoms with Gasteiger partial charge in [0.15, 0.2) is 0 Å². The Balaban J connectivity index is 1.48. The van der Waals surface area contributed by atoms with Crippen molar-refractivity contribution in [2.24, 2.45) is 5.92 Å². The van der Waals surface area contributed by atoms with E-state index in [4.69, 9.17) is 0 Å². The fourth-order valence-corrected chi connectivity index (χ4v) is 5.72. The summed E-state index contributed by atoms with van der Waals surface area (Å²) in [6.45, 7) is 8.08. The molecule has 3 aliphatic rings. The molecule has 0 bridgehead atoms. The van der Waals surface area contributed by atoms with E-state index in [9.17, 15) is 22.8 Å². The van der Waals surface area contributed by atoms with Crippen molar-refractivity contribution >= 4 is 17.5 Å². The van der Waals surface area contributed by atoms with Gasteiger partial charge in [-0.05, 0) is 51.3 Å². The summed E-state index contributed by atoms with van der Waals surface area (Å²) in [7, 11) is 3.41. The molecule has 0 aromatic heterocycles. The van der Waals surface area contributed by atoms with E-state index in [1.807, 2.05) is 30.6 Å². The molecule has 1 aromatic carbocycles. The molecule has 0 saturated carbocycles. The Labute approximate surface area is 216 Å². The number of piperidine rings is 1. The molecule has 3 fully saturated rings. The maximum Gasteiger partial charge on any atom is 0.416 e. The standard InChI is InChI=1S/C27H38F4N4O2/c1-25(2,3)35-13-10-26(28,17-35)24(37)34-15-19(16-34)21-7-6-20(27(29,30)31)14-22(21)33-11-8-18(9-12-33)23(36)32(4)5/h6-7,14,18-19H,8-13,15-17H2,1-5H3/t26-/m1/s1. The number of halogens is 4. The minimum absolute atomic E-state index is 0.0363. The molecule has 1 aromatic rings. The number of alkyl halides is 4. The molecule has 0 spiro atoms. The molecule has 0 N–H and O–H groups in total. The molecule has 3 saturated heterocycles. The fraction of sp³-hybridized carbons (Fsp3) is 0.704. The first-order chi connectivity index (χ1) is 17.1. The zero-order chi connectivity index (χ0) is 27.3. The maximum atomic E-state index is 15.6. The summed E-state index contributed by atoms with van der Waals surface area (Å²) in [5, 5.41) is 0. The summed E-state index contributed by atoms with van der Waals surface area (Å²) in [6, 6.07) is 3.77. The van der Waals surface area contributed by atoms with Crippen molar-refractivity contribution in [2.75, 3.05) is 58.3 Å². The van der Waals surface area contributed by atoms with Gasteiger partial charge in [-0.25, -0.2) is 4.39 Å². The average molecular weight is 527 g/mol. The van der Waals surface area contributed by atoms with Crippen molar-refractivity contribution in [3.8, 4) is 0 Å². The molecule has 3 heterocycles. The molecule has 37 heavy (non-hydrogen) atoms. The molecule has 206 valence electrons. The van der Waals surface area contributed by atoms with Gasteiger partial charge >= 0.3 is 6.18 Å². The van der Waals surface area contributed by atoms with Crippen LogP contribution < -0.4 is 4.90 Å². The van der Waals surface area contributed by atoms with Gasteiger partial charge in [0.25, 0.3) is 5.91 Å². The zero-order valence-corrected chi connectivity index (χ0v) is 22.4. The monoisotopic (exact) mass is 526 g/mol. The highest BCUT2D eigenvalue weighted by Gasteiger charge is 2.51. The van der Waals surface area contributed by atoms with Gasteiger partial charge < -0.3 is 14.7 Å². The number of anilines is 1. The van der Waals surface area contributed by atoms with Crippen LogP contribution in [0.2, 0.25) is 0 Å². The van der Waals surface area contributed by atoms with E-state index in [-0.39, 0.29) is 49.3 Å². The first-order valence-corrected chi connectivity index (χ1v) is 13.0. The molecule has 2 amide bonds. The number of nitrogens with zero attached hydrogens (tertiary/aromatic N) is 4. The third kappa shape index (κ3) is 5.59. The van der Waals surface area contributed by atoms with Gasteiger partial charge in [-0.1, -0.05) is 6.07 Å². The van der Waals surface area contributed by atoms with E-state index < -0.39 is 23.3 Å². The summed E-state index contributed by atoms with van der Waals surface area (Å²) in [4.78, 5) is 32.4. The number of benzene rings is 1. The first kappa shape index (κ1) is 27.7. The highest BCUT2D eigenvalue weighted by atomic mass is 19.4. The topological polar surface area (TPSA) is 47.1 Å². The molecule has 0 radical (unpaired) electrons. The Bertz CT molecular complexity index is 1020. The largest absolute Gasteiger partial charge is 0.416 e. The number of hydrogen-bond donors (Lipinski definition) is 0. The van der Waals surface area contributed by atoms with Crippen molar-refractivity contribution in [3.63, 3.8) is 0 Å². The van der Waals surface area contributed by atoms with Crippen LogP contribution in [0.3, 0.4) is 0 Å². The van der Waals surface area contributed by atoms with Gasteiger partial charge in [-0.15, -0.1) is 0 Å². The Morgan fingerprint density at radius 3 is 2.16 bits per heavy atom. The van der Waals surface area contributed by atoms with E-state index in [0.717, 1.165) is 11.6 Å². The van der Waals surface area contributed by atoms with Gasteiger partial charge in [-0.3, -0.25) is 14.5 Å². The molecular weight excluding hydrogens is 488 g/mol. The molecule has 0 aliphatic carbocycles. The average Bonchev–Trinajstić information content (AvgIpc) is 3.21. The van der Waals surface area contributed by atoms with Crippen LogP contribution in [0, 0.1) is 5.92 Å². The van der Waals surface area contributed by atoms with Crippen LogP contribution in [-0.2, 0) is 15.8 Å². The lowest BCUT2D eigenvalue weighted by Crippen LogP contribution is -2.57. The second-order valence-electron chi connectivity index (χ2n) is 12.0. The Morgan fingerprint density at radius 1 is 1.03 bits per heavy atom. The molecule has 0 unspecified atom stereocenters. The van der Waals surface area contributed by atoms with Crippen molar-refractivity contribution in [1.82, 2.24) is 14.7 Å². The van der Waals surface area contributed by atoms with Crippen molar-refractivity contribution in [1.29, 1.82) is 0 Å². The number of amides is 2. The predicted octanol–water partition coefficient (Wildman–Crippen LogP) is 4.15. The summed E-state index contributed by atoms with van der Waals surface area (Å²) in [5.74, 6) is -0.788. The summed E-state index contributed by atoms with van der Waals surface area (Å²) in [5.41, 5.74) is -1.64. The van der Waals surface area contributed by atoms with Gasteiger partial charge in [0.1, 0.15) is 0 Å². The quantitative estimate of drug-likeness (QED) is 0.554. The van der Waals surface area contributed by atoms with Gasteiger partial charge in [0, 0.05) is 82.8 Å². The third-order valence-corrected chi connectivity index (χ3v) is 8.14. The number of likely N-dealkylation sites (tertiary alicyclic amines) is 2. The SMILES string of the molecule is CN(C)C(=O)C1CCN(c2cc(C(F)(F)F)ccc2C2CN(C(=O)[C@@]3(F)CCN(C(C)(C)C)C3)C2)CC1. The lowest BCUT2D eigenvalue weighted by atomic mass is 9.86. The van der Waals surface area contributed by atoms with E-state index in [2.05, 4.69) is 0 Å². The highest BCUT2D eigenvalue weighted by Crippen LogP contribution is 2.42. The van der Waals surface area contributed by atoms with E-state index in [1.54, 1.807) is 19.0 Å². The zero-order valence-electron chi connectivity index (χ0n) is 22.4. The lowest BCUT2D eigenvalue weighted by molar-refractivity contribution is -0.148. The summed E-state index contributed by atoms with van der Waals surface area (Å²) < 4.78 is 56.3. The fourth-order valence-electron chi connectivity index (χ4n) is 5.72. The lowest BCUT2D eigenvalue weighted by Gasteiger charge is -2.44. The molecule has 1 atom stereocenters. The summed E-state index contributed by atoms with van der Waals surface area (Å²) in [6.07, 6.45) is -3.19. The van der Waals surface area contributed by atoms with Crippen LogP contribution >= 0.6 is 0 Å². The van der Waals surface area contributed by atoms with Crippen molar-refractivity contribution < 1.29 is 27.2 Å². The van der Waals surface area contributed by atoms with Crippen LogP contribution in [0.1, 0.15) is 57.1 Å². The maximum absolute atomic E-state index is 15.6. The van der Waals surface area contributed by atoms with Gasteiger partial charge in [0.05, 0.1) is 5.56 Å². The molecule has 4 rings (SSSR count). The van der Waals surface area contributed by atoms with Gasteiger partial charge in [-0.2, -0.15) is 13.2 Å². The Hall–Kier alpha value is -2.36. The normalized spacial score (nSPS) is 24.4. The number of rotatable bonds is 4. The minimum Gasteiger partial charge on any atom is -0.371 e. The second kappa shape index (κ2) is 9.75. The number of carbonyl (C=O) groups is 2. The number of carbonyl (C=O) groups excluding carboxylic acids is 2. The molecule has 10 heteroatoms. The second-order valence-corrected chi connectivity index (χ2v) is 12.0. The van der Waals surface area contributed by atoms with Crippen LogP contribution in [0.4, 0.5) is 23.2 Å². The van der Waals surface area contributed by atoms with Crippen LogP contribution in [0.5, 0.6) is 0 Å². The molecule has 6 nitrogen and oxygen atoms in total.